The zero-order chi connectivity index (χ0) is 14.2. The summed E-state index contributed by atoms with van der Waals surface area (Å²) in [6.07, 6.45) is 2.36. The molecule has 0 bridgehead atoms. The van der Waals surface area contributed by atoms with Gasteiger partial charge in [-0.05, 0) is 32.7 Å². The van der Waals surface area contributed by atoms with Crippen LogP contribution in [0.1, 0.15) is 38.1 Å². The van der Waals surface area contributed by atoms with E-state index in [0.29, 0.717) is 18.0 Å². The Balaban J connectivity index is 2.26. The number of halogens is 1. The topological polar surface area (TPSA) is 58.4 Å². The van der Waals surface area contributed by atoms with Crippen molar-refractivity contribution in [3.63, 3.8) is 0 Å². The molecule has 1 atom stereocenters. The number of carboxylic acid groups (broad SMARTS) is 1. The molecule has 2 rings (SSSR count). The van der Waals surface area contributed by atoms with Crippen molar-refractivity contribution in [3.05, 3.63) is 16.4 Å². The van der Waals surface area contributed by atoms with Gasteiger partial charge in [-0.1, -0.05) is 18.5 Å². The average molecular weight is 286 g/mol. The third-order valence-corrected chi connectivity index (χ3v) is 4.53. The van der Waals surface area contributed by atoms with Crippen LogP contribution < -0.4 is 0 Å². The predicted octanol–water partition coefficient (Wildman–Crippen LogP) is 2.08. The number of rotatable bonds is 4. The van der Waals surface area contributed by atoms with Crippen molar-refractivity contribution in [3.8, 4) is 0 Å². The second-order valence-electron chi connectivity index (χ2n) is 5.29. The summed E-state index contributed by atoms with van der Waals surface area (Å²) in [7, 11) is 1.86. The summed E-state index contributed by atoms with van der Waals surface area (Å²) in [5.41, 5.74) is 0.975. The Morgan fingerprint density at radius 2 is 2.26 bits per heavy atom. The summed E-state index contributed by atoms with van der Waals surface area (Å²) < 4.78 is 1.77. The minimum Gasteiger partial charge on any atom is -0.480 e. The zero-order valence-electron chi connectivity index (χ0n) is 11.6. The van der Waals surface area contributed by atoms with Crippen molar-refractivity contribution in [1.82, 2.24) is 14.7 Å². The minimum absolute atomic E-state index is 0.533. The Labute approximate surface area is 118 Å². The average Bonchev–Trinajstić information content (AvgIpc) is 2.86. The Morgan fingerprint density at radius 3 is 2.79 bits per heavy atom. The van der Waals surface area contributed by atoms with Crippen LogP contribution in [-0.4, -0.2) is 37.8 Å². The van der Waals surface area contributed by atoms with Crippen LogP contribution in [0.3, 0.4) is 0 Å². The Hall–Kier alpha value is -1.07. The molecule has 1 aromatic rings. The summed E-state index contributed by atoms with van der Waals surface area (Å²) in [6, 6.07) is 0. The van der Waals surface area contributed by atoms with E-state index in [4.69, 9.17) is 11.6 Å². The van der Waals surface area contributed by atoms with E-state index in [1.807, 2.05) is 18.9 Å². The lowest BCUT2D eigenvalue weighted by atomic mass is 9.99. The summed E-state index contributed by atoms with van der Waals surface area (Å²) in [5.74, 6) is -0.765. The molecule has 0 amide bonds. The highest BCUT2D eigenvalue weighted by Crippen LogP contribution is 2.32. The molecule has 106 valence electrons. The summed E-state index contributed by atoms with van der Waals surface area (Å²) in [4.78, 5) is 13.4. The summed E-state index contributed by atoms with van der Waals surface area (Å²) in [6.45, 7) is 5.11. The molecule has 6 heteroatoms. The highest BCUT2D eigenvalue weighted by molar-refractivity contribution is 6.31. The lowest BCUT2D eigenvalue weighted by molar-refractivity contribution is -0.149. The van der Waals surface area contributed by atoms with Gasteiger partial charge in [0.15, 0.2) is 0 Å². The molecule has 0 radical (unpaired) electrons. The van der Waals surface area contributed by atoms with Crippen LogP contribution in [0.2, 0.25) is 5.02 Å². The van der Waals surface area contributed by atoms with Gasteiger partial charge in [0, 0.05) is 13.6 Å². The molecule has 1 fully saturated rings. The maximum atomic E-state index is 11.5. The first-order valence-corrected chi connectivity index (χ1v) is 6.96. The van der Waals surface area contributed by atoms with Crippen molar-refractivity contribution in [2.75, 3.05) is 6.54 Å². The normalized spacial score (nSPS) is 24.0. The number of aliphatic carboxylic acids is 1. The molecule has 1 N–H and O–H groups in total. The molecule has 1 saturated heterocycles. The number of carboxylic acids is 1. The van der Waals surface area contributed by atoms with Gasteiger partial charge in [-0.2, -0.15) is 5.10 Å². The number of aromatic nitrogens is 2. The van der Waals surface area contributed by atoms with E-state index in [1.165, 1.54) is 0 Å². The van der Waals surface area contributed by atoms with Crippen LogP contribution >= 0.6 is 11.6 Å². The van der Waals surface area contributed by atoms with Gasteiger partial charge in [-0.15, -0.1) is 0 Å². The number of aryl methyl sites for hydroxylation is 2. The third kappa shape index (κ3) is 2.37. The van der Waals surface area contributed by atoms with Crippen LogP contribution in [0.5, 0.6) is 0 Å². The van der Waals surface area contributed by atoms with Gasteiger partial charge < -0.3 is 5.11 Å². The molecule has 1 aliphatic rings. The number of carbonyl (C=O) groups is 1. The largest absolute Gasteiger partial charge is 0.480 e. The quantitative estimate of drug-likeness (QED) is 0.920. The molecule has 2 heterocycles. The monoisotopic (exact) mass is 285 g/mol. The van der Waals surface area contributed by atoms with Crippen molar-refractivity contribution in [2.24, 2.45) is 7.05 Å². The predicted molar refractivity (Wildman–Crippen MR) is 73.3 cm³/mol. The standard InChI is InChI=1S/C13H20ClN3O2/c1-4-9-11(14)10(16(3)15-9)8-17-7-5-6-13(17,2)12(18)19/h4-8H2,1-3H3,(H,18,19). The van der Waals surface area contributed by atoms with Crippen LogP contribution in [0, 0.1) is 0 Å². The summed E-state index contributed by atoms with van der Waals surface area (Å²) in [5, 5.41) is 14.5. The van der Waals surface area contributed by atoms with E-state index in [0.717, 1.165) is 30.8 Å². The fourth-order valence-corrected chi connectivity index (χ4v) is 3.04. The van der Waals surface area contributed by atoms with E-state index >= 15 is 0 Å². The fraction of sp³-hybridized carbons (Fsp3) is 0.692. The van der Waals surface area contributed by atoms with E-state index in [1.54, 1.807) is 11.6 Å². The van der Waals surface area contributed by atoms with Gasteiger partial charge in [0.1, 0.15) is 5.54 Å². The van der Waals surface area contributed by atoms with E-state index in [-0.39, 0.29) is 0 Å². The Bertz CT molecular complexity index is 500. The van der Waals surface area contributed by atoms with Gasteiger partial charge in [0.05, 0.1) is 16.4 Å². The summed E-state index contributed by atoms with van der Waals surface area (Å²) >= 11 is 6.32. The number of hydrogen-bond acceptors (Lipinski definition) is 3. The van der Waals surface area contributed by atoms with E-state index in [2.05, 4.69) is 5.10 Å². The maximum absolute atomic E-state index is 11.5. The Morgan fingerprint density at radius 1 is 1.58 bits per heavy atom. The third-order valence-electron chi connectivity index (χ3n) is 4.09. The number of nitrogens with zero attached hydrogens (tertiary/aromatic N) is 3. The van der Waals surface area contributed by atoms with Gasteiger partial charge in [0.25, 0.3) is 0 Å². The van der Waals surface area contributed by atoms with E-state index in [9.17, 15) is 9.90 Å². The zero-order valence-corrected chi connectivity index (χ0v) is 12.4. The molecule has 1 aliphatic heterocycles. The molecule has 5 nitrogen and oxygen atoms in total. The van der Waals surface area contributed by atoms with Crippen LogP contribution in [0.15, 0.2) is 0 Å². The first-order chi connectivity index (χ1) is 8.90. The second-order valence-corrected chi connectivity index (χ2v) is 5.67. The molecule has 1 unspecified atom stereocenters. The minimum atomic E-state index is -0.792. The first-order valence-electron chi connectivity index (χ1n) is 6.58. The number of hydrogen-bond donors (Lipinski definition) is 1. The SMILES string of the molecule is CCc1nn(C)c(CN2CCCC2(C)C(=O)O)c1Cl. The van der Waals surface area contributed by atoms with Gasteiger partial charge in [0.2, 0.25) is 0 Å². The fourth-order valence-electron chi connectivity index (χ4n) is 2.69. The highest BCUT2D eigenvalue weighted by atomic mass is 35.5. The molecule has 0 spiro atoms. The molecule has 0 aromatic carbocycles. The van der Waals surface area contributed by atoms with Crippen molar-refractivity contribution < 1.29 is 9.90 Å². The van der Waals surface area contributed by atoms with Crippen LogP contribution in [0.4, 0.5) is 0 Å². The Kier molecular flexibility index (Phi) is 3.87. The molecule has 1 aromatic heterocycles. The van der Waals surface area contributed by atoms with Crippen LogP contribution in [0.25, 0.3) is 0 Å². The highest BCUT2D eigenvalue weighted by Gasteiger charge is 2.43. The maximum Gasteiger partial charge on any atom is 0.323 e. The molecule has 0 saturated carbocycles. The number of likely N-dealkylation sites (tertiary alicyclic amines) is 1. The smallest absolute Gasteiger partial charge is 0.323 e. The first kappa shape index (κ1) is 14.3. The lowest BCUT2D eigenvalue weighted by Crippen LogP contribution is -2.47. The molecular weight excluding hydrogens is 266 g/mol. The molecule has 19 heavy (non-hydrogen) atoms. The molecule has 0 aliphatic carbocycles. The van der Waals surface area contributed by atoms with Crippen molar-refractivity contribution in [1.29, 1.82) is 0 Å². The van der Waals surface area contributed by atoms with Crippen LogP contribution in [-0.2, 0) is 24.8 Å². The van der Waals surface area contributed by atoms with Crippen molar-refractivity contribution >= 4 is 17.6 Å². The van der Waals surface area contributed by atoms with Gasteiger partial charge in [-0.3, -0.25) is 14.4 Å². The van der Waals surface area contributed by atoms with E-state index < -0.39 is 11.5 Å². The lowest BCUT2D eigenvalue weighted by Gasteiger charge is -2.31. The van der Waals surface area contributed by atoms with Gasteiger partial charge >= 0.3 is 5.97 Å². The van der Waals surface area contributed by atoms with Crippen molar-refractivity contribution in [2.45, 2.75) is 45.2 Å². The second kappa shape index (κ2) is 5.13. The molecular formula is C13H20ClN3O2. The van der Waals surface area contributed by atoms with Gasteiger partial charge in [-0.25, -0.2) is 0 Å².